The average molecular weight is 340 g/mol. The molecule has 19 heavy (non-hydrogen) atoms. The Balaban J connectivity index is 2.02. The predicted octanol–water partition coefficient (Wildman–Crippen LogP) is 3.92. The highest BCUT2D eigenvalue weighted by Crippen LogP contribution is 2.22. The van der Waals surface area contributed by atoms with Gasteiger partial charge in [-0.05, 0) is 43.9 Å². The summed E-state index contributed by atoms with van der Waals surface area (Å²) in [6.45, 7) is 4.34. The second-order valence-corrected chi connectivity index (χ2v) is 7.04. The first-order chi connectivity index (χ1) is 9.08. The molecular weight excluding hydrogens is 322 g/mol. The Hall–Kier alpha value is -0.710. The number of hydrogen-bond acceptors (Lipinski definition) is 3. The molecule has 0 aliphatic rings. The van der Waals surface area contributed by atoms with E-state index in [1.165, 1.54) is 10.4 Å². The Morgan fingerprint density at radius 2 is 1.89 bits per heavy atom. The summed E-state index contributed by atoms with van der Waals surface area (Å²) in [5, 5.41) is 10.7. The van der Waals surface area contributed by atoms with Gasteiger partial charge in [0.15, 0.2) is 0 Å². The molecule has 1 heterocycles. The van der Waals surface area contributed by atoms with Crippen LogP contribution in [0.4, 0.5) is 0 Å². The summed E-state index contributed by atoms with van der Waals surface area (Å²) in [4.78, 5) is 5.83. The summed E-state index contributed by atoms with van der Waals surface area (Å²) in [5.74, 6) is 0.242. The van der Waals surface area contributed by atoms with Crippen LogP contribution in [-0.2, 0) is 12.8 Å². The van der Waals surface area contributed by atoms with Gasteiger partial charge in [-0.25, -0.2) is 4.98 Å². The fourth-order valence-electron chi connectivity index (χ4n) is 2.03. The second kappa shape index (κ2) is 6.64. The van der Waals surface area contributed by atoms with Crippen molar-refractivity contribution < 1.29 is 5.11 Å². The summed E-state index contributed by atoms with van der Waals surface area (Å²) < 4.78 is 1.09. The van der Waals surface area contributed by atoms with Gasteiger partial charge in [0.25, 0.3) is 0 Å². The minimum atomic E-state index is 0.202. The van der Waals surface area contributed by atoms with E-state index in [0.717, 1.165) is 28.0 Å². The van der Waals surface area contributed by atoms with Crippen LogP contribution in [0.1, 0.15) is 21.1 Å². The third-order valence-electron chi connectivity index (χ3n) is 3.23. The molecule has 0 amide bonds. The molecule has 2 aromatic rings. The Labute approximate surface area is 126 Å². The van der Waals surface area contributed by atoms with Gasteiger partial charge in [-0.3, -0.25) is 0 Å². The van der Waals surface area contributed by atoms with Gasteiger partial charge in [-0.2, -0.15) is 0 Å². The lowest BCUT2D eigenvalue weighted by atomic mass is 9.97. The molecule has 2 rings (SSSR count). The van der Waals surface area contributed by atoms with Crippen LogP contribution in [-0.4, -0.2) is 16.7 Å². The molecule has 1 N–H and O–H groups in total. The van der Waals surface area contributed by atoms with Crippen molar-refractivity contribution in [2.75, 3.05) is 6.61 Å². The quantitative estimate of drug-likeness (QED) is 0.895. The van der Waals surface area contributed by atoms with E-state index in [9.17, 15) is 5.11 Å². The first kappa shape index (κ1) is 14.7. The molecular formula is C15H18BrNOS. The SMILES string of the molecule is Cc1nc(CC(CO)Cc2ccc(Br)cc2)sc1C. The van der Waals surface area contributed by atoms with E-state index in [-0.39, 0.29) is 12.5 Å². The first-order valence-electron chi connectivity index (χ1n) is 6.36. The Morgan fingerprint density at radius 1 is 1.21 bits per heavy atom. The Bertz CT molecular complexity index is 516. The molecule has 0 saturated heterocycles. The fourth-order valence-corrected chi connectivity index (χ4v) is 3.34. The standard InChI is InChI=1S/C15H18BrNOS/c1-10-11(2)19-15(17-10)8-13(9-18)7-12-3-5-14(16)6-4-12/h3-6,13,18H,7-9H2,1-2H3. The molecule has 1 aromatic heterocycles. The molecule has 4 heteroatoms. The minimum absolute atomic E-state index is 0.202. The highest BCUT2D eigenvalue weighted by atomic mass is 79.9. The third kappa shape index (κ3) is 4.13. The summed E-state index contributed by atoms with van der Waals surface area (Å²) in [5.41, 5.74) is 2.37. The van der Waals surface area contributed by atoms with Crippen LogP contribution in [0.25, 0.3) is 0 Å². The molecule has 1 atom stereocenters. The zero-order valence-corrected chi connectivity index (χ0v) is 13.6. The molecule has 0 fully saturated rings. The minimum Gasteiger partial charge on any atom is -0.396 e. The van der Waals surface area contributed by atoms with Crippen molar-refractivity contribution in [1.82, 2.24) is 4.98 Å². The number of thiazole rings is 1. The van der Waals surface area contributed by atoms with Crippen molar-refractivity contribution in [3.8, 4) is 0 Å². The van der Waals surface area contributed by atoms with Crippen LogP contribution >= 0.6 is 27.3 Å². The third-order valence-corrected chi connectivity index (χ3v) is 4.86. The van der Waals surface area contributed by atoms with E-state index in [2.05, 4.69) is 40.0 Å². The van der Waals surface area contributed by atoms with Crippen LogP contribution in [0, 0.1) is 19.8 Å². The number of aliphatic hydroxyl groups is 1. The van der Waals surface area contributed by atoms with E-state index < -0.39 is 0 Å². The van der Waals surface area contributed by atoms with Crippen LogP contribution in [0.5, 0.6) is 0 Å². The predicted molar refractivity (Wildman–Crippen MR) is 83.7 cm³/mol. The Kier molecular flexibility index (Phi) is 5.13. The van der Waals surface area contributed by atoms with Gasteiger partial charge in [0.05, 0.1) is 10.7 Å². The number of halogens is 1. The normalized spacial score (nSPS) is 12.6. The number of nitrogens with zero attached hydrogens (tertiary/aromatic N) is 1. The van der Waals surface area contributed by atoms with Gasteiger partial charge in [-0.1, -0.05) is 28.1 Å². The van der Waals surface area contributed by atoms with Crippen molar-refractivity contribution >= 4 is 27.3 Å². The lowest BCUT2D eigenvalue weighted by Crippen LogP contribution is -2.12. The number of aryl methyl sites for hydroxylation is 2. The summed E-state index contributed by atoms with van der Waals surface area (Å²) in [7, 11) is 0. The van der Waals surface area contributed by atoms with E-state index >= 15 is 0 Å². The number of benzene rings is 1. The van der Waals surface area contributed by atoms with E-state index in [0.29, 0.717) is 0 Å². The zero-order valence-electron chi connectivity index (χ0n) is 11.2. The lowest BCUT2D eigenvalue weighted by Gasteiger charge is -2.12. The van der Waals surface area contributed by atoms with Crippen LogP contribution < -0.4 is 0 Å². The van der Waals surface area contributed by atoms with Gasteiger partial charge >= 0.3 is 0 Å². The number of hydrogen-bond donors (Lipinski definition) is 1. The second-order valence-electron chi connectivity index (χ2n) is 4.83. The van der Waals surface area contributed by atoms with E-state index in [1.54, 1.807) is 11.3 Å². The lowest BCUT2D eigenvalue weighted by molar-refractivity contribution is 0.225. The molecule has 0 bridgehead atoms. The summed E-state index contributed by atoms with van der Waals surface area (Å²) in [6.07, 6.45) is 1.74. The molecule has 0 spiro atoms. The zero-order chi connectivity index (χ0) is 13.8. The fraction of sp³-hybridized carbons (Fsp3) is 0.400. The van der Waals surface area contributed by atoms with Crippen molar-refractivity contribution in [3.05, 3.63) is 49.9 Å². The maximum atomic E-state index is 9.55. The molecule has 1 aromatic carbocycles. The Morgan fingerprint density at radius 3 is 2.42 bits per heavy atom. The molecule has 0 aliphatic carbocycles. The molecule has 2 nitrogen and oxygen atoms in total. The number of rotatable bonds is 5. The summed E-state index contributed by atoms with van der Waals surface area (Å²) >= 11 is 5.18. The molecule has 1 unspecified atom stereocenters. The van der Waals surface area contributed by atoms with Crippen molar-refractivity contribution in [1.29, 1.82) is 0 Å². The monoisotopic (exact) mass is 339 g/mol. The van der Waals surface area contributed by atoms with Crippen LogP contribution in [0.3, 0.4) is 0 Å². The van der Waals surface area contributed by atoms with Gasteiger partial charge in [-0.15, -0.1) is 11.3 Å². The molecule has 102 valence electrons. The maximum absolute atomic E-state index is 9.55. The molecule has 0 aliphatic heterocycles. The highest BCUT2D eigenvalue weighted by Gasteiger charge is 2.13. The summed E-state index contributed by atoms with van der Waals surface area (Å²) in [6, 6.07) is 8.29. The molecule has 0 radical (unpaired) electrons. The maximum Gasteiger partial charge on any atom is 0.0934 e. The van der Waals surface area contributed by atoms with Gasteiger partial charge in [0, 0.05) is 22.4 Å². The van der Waals surface area contributed by atoms with Gasteiger partial charge in [0.1, 0.15) is 0 Å². The smallest absolute Gasteiger partial charge is 0.0934 e. The van der Waals surface area contributed by atoms with Crippen molar-refractivity contribution in [2.24, 2.45) is 5.92 Å². The van der Waals surface area contributed by atoms with Gasteiger partial charge in [0.2, 0.25) is 0 Å². The average Bonchev–Trinajstić information content (AvgIpc) is 2.70. The van der Waals surface area contributed by atoms with E-state index in [1.807, 2.05) is 19.1 Å². The largest absolute Gasteiger partial charge is 0.396 e. The van der Waals surface area contributed by atoms with Crippen LogP contribution in [0.2, 0.25) is 0 Å². The highest BCUT2D eigenvalue weighted by molar-refractivity contribution is 9.10. The number of aromatic nitrogens is 1. The molecule has 0 saturated carbocycles. The van der Waals surface area contributed by atoms with Crippen molar-refractivity contribution in [2.45, 2.75) is 26.7 Å². The van der Waals surface area contributed by atoms with E-state index in [4.69, 9.17) is 0 Å². The van der Waals surface area contributed by atoms with Gasteiger partial charge < -0.3 is 5.11 Å². The first-order valence-corrected chi connectivity index (χ1v) is 7.97. The van der Waals surface area contributed by atoms with Crippen LogP contribution in [0.15, 0.2) is 28.7 Å². The number of aliphatic hydroxyl groups excluding tert-OH is 1. The topological polar surface area (TPSA) is 33.1 Å². The van der Waals surface area contributed by atoms with Crippen molar-refractivity contribution in [3.63, 3.8) is 0 Å².